The van der Waals surface area contributed by atoms with Gasteiger partial charge in [0.25, 0.3) is 0 Å². The van der Waals surface area contributed by atoms with Gasteiger partial charge in [0.2, 0.25) is 0 Å². The van der Waals surface area contributed by atoms with Crippen LogP contribution in [0.1, 0.15) is 22.9 Å². The molecular weight excluding hydrogens is 200 g/mol. The lowest BCUT2D eigenvalue weighted by molar-refractivity contribution is 0.676. The molecule has 0 aromatic carbocycles. The van der Waals surface area contributed by atoms with Crippen LogP contribution in [-0.4, -0.2) is 22.0 Å². The van der Waals surface area contributed by atoms with Crippen molar-refractivity contribution in [3.05, 3.63) is 53.9 Å². The molecule has 2 aromatic rings. The molecular formula is C12H14N4. The number of aromatic nitrogens is 3. The third-order valence-electron chi connectivity index (χ3n) is 2.56. The first kappa shape index (κ1) is 10.7. The van der Waals surface area contributed by atoms with E-state index in [0.29, 0.717) is 0 Å². The molecule has 2 heterocycles. The van der Waals surface area contributed by atoms with E-state index in [1.54, 1.807) is 6.20 Å². The first-order chi connectivity index (χ1) is 7.83. The summed E-state index contributed by atoms with van der Waals surface area (Å²) in [6.45, 7) is 2.00. The minimum Gasteiger partial charge on any atom is -0.309 e. The SMILES string of the molecule is CNC(c1cncnc1)c1cccnc1C. The second-order valence-electron chi connectivity index (χ2n) is 3.57. The second kappa shape index (κ2) is 4.81. The highest BCUT2D eigenvalue weighted by atomic mass is 14.9. The van der Waals surface area contributed by atoms with Gasteiger partial charge in [-0.15, -0.1) is 0 Å². The zero-order valence-electron chi connectivity index (χ0n) is 9.38. The maximum absolute atomic E-state index is 4.29. The Morgan fingerprint density at radius 2 is 2.00 bits per heavy atom. The lowest BCUT2D eigenvalue weighted by Crippen LogP contribution is -2.19. The Hall–Kier alpha value is -1.81. The van der Waals surface area contributed by atoms with Crippen LogP contribution in [0.4, 0.5) is 0 Å². The van der Waals surface area contributed by atoms with Gasteiger partial charge < -0.3 is 5.32 Å². The van der Waals surface area contributed by atoms with E-state index >= 15 is 0 Å². The highest BCUT2D eigenvalue weighted by Crippen LogP contribution is 2.21. The highest BCUT2D eigenvalue weighted by molar-refractivity contribution is 5.30. The predicted molar refractivity (Wildman–Crippen MR) is 61.9 cm³/mol. The van der Waals surface area contributed by atoms with Crippen molar-refractivity contribution in [1.82, 2.24) is 20.3 Å². The summed E-state index contributed by atoms with van der Waals surface area (Å²) in [5.74, 6) is 0. The van der Waals surface area contributed by atoms with Gasteiger partial charge in [-0.25, -0.2) is 9.97 Å². The van der Waals surface area contributed by atoms with Crippen LogP contribution in [0.15, 0.2) is 37.1 Å². The molecule has 1 atom stereocenters. The monoisotopic (exact) mass is 214 g/mol. The smallest absolute Gasteiger partial charge is 0.115 e. The van der Waals surface area contributed by atoms with Crippen molar-refractivity contribution < 1.29 is 0 Å². The van der Waals surface area contributed by atoms with Crippen molar-refractivity contribution in [1.29, 1.82) is 0 Å². The lowest BCUT2D eigenvalue weighted by Gasteiger charge is -2.17. The molecule has 82 valence electrons. The molecule has 1 unspecified atom stereocenters. The standard InChI is InChI=1S/C12H14N4/c1-9-11(4-3-5-16-9)12(13-2)10-6-14-8-15-7-10/h3-8,12-13H,1-2H3. The average Bonchev–Trinajstić information content (AvgIpc) is 2.34. The van der Waals surface area contributed by atoms with Crippen LogP contribution in [0.3, 0.4) is 0 Å². The third-order valence-corrected chi connectivity index (χ3v) is 2.56. The summed E-state index contributed by atoms with van der Waals surface area (Å²) in [5.41, 5.74) is 3.21. The topological polar surface area (TPSA) is 50.7 Å². The molecule has 0 bridgehead atoms. The van der Waals surface area contributed by atoms with Crippen molar-refractivity contribution >= 4 is 0 Å². The molecule has 1 N–H and O–H groups in total. The summed E-state index contributed by atoms with van der Waals surface area (Å²) in [5, 5.41) is 3.26. The molecule has 0 saturated heterocycles. The van der Waals surface area contributed by atoms with Crippen molar-refractivity contribution in [2.45, 2.75) is 13.0 Å². The summed E-state index contributed by atoms with van der Waals surface area (Å²) in [6.07, 6.45) is 6.97. The fourth-order valence-corrected chi connectivity index (χ4v) is 1.76. The molecule has 2 aromatic heterocycles. The van der Waals surface area contributed by atoms with Crippen LogP contribution in [0, 0.1) is 6.92 Å². The largest absolute Gasteiger partial charge is 0.309 e. The van der Waals surface area contributed by atoms with Gasteiger partial charge in [0.1, 0.15) is 6.33 Å². The van der Waals surface area contributed by atoms with Gasteiger partial charge in [0.15, 0.2) is 0 Å². The lowest BCUT2D eigenvalue weighted by atomic mass is 10.0. The molecule has 0 spiro atoms. The summed E-state index contributed by atoms with van der Waals surface area (Å²) in [4.78, 5) is 12.4. The van der Waals surface area contributed by atoms with Gasteiger partial charge >= 0.3 is 0 Å². The number of hydrogen-bond donors (Lipinski definition) is 1. The van der Waals surface area contributed by atoms with Crippen LogP contribution in [0.5, 0.6) is 0 Å². The first-order valence-corrected chi connectivity index (χ1v) is 5.16. The fraction of sp³-hybridized carbons (Fsp3) is 0.250. The summed E-state index contributed by atoms with van der Waals surface area (Å²) in [7, 11) is 1.92. The Balaban J connectivity index is 2.41. The van der Waals surface area contributed by atoms with Gasteiger partial charge in [0, 0.05) is 29.8 Å². The molecule has 16 heavy (non-hydrogen) atoms. The summed E-state index contributed by atoms with van der Waals surface area (Å²) >= 11 is 0. The van der Waals surface area contributed by atoms with Gasteiger partial charge in [-0.1, -0.05) is 6.07 Å². The molecule has 0 aliphatic carbocycles. The molecule has 2 rings (SSSR count). The van der Waals surface area contributed by atoms with Crippen LogP contribution in [-0.2, 0) is 0 Å². The highest BCUT2D eigenvalue weighted by Gasteiger charge is 2.14. The van der Waals surface area contributed by atoms with Crippen molar-refractivity contribution in [3.63, 3.8) is 0 Å². The van der Waals surface area contributed by atoms with Gasteiger partial charge in [-0.05, 0) is 25.6 Å². The molecule has 0 fully saturated rings. The molecule has 0 saturated carbocycles. The van der Waals surface area contributed by atoms with Crippen molar-refractivity contribution in [2.24, 2.45) is 0 Å². The van der Waals surface area contributed by atoms with Crippen LogP contribution < -0.4 is 5.32 Å². The third kappa shape index (κ3) is 2.06. The van der Waals surface area contributed by atoms with E-state index in [-0.39, 0.29) is 6.04 Å². The zero-order valence-corrected chi connectivity index (χ0v) is 9.38. The molecule has 0 aliphatic rings. The number of aryl methyl sites for hydroxylation is 1. The first-order valence-electron chi connectivity index (χ1n) is 5.16. The molecule has 0 radical (unpaired) electrons. The van der Waals surface area contributed by atoms with E-state index in [4.69, 9.17) is 0 Å². The average molecular weight is 214 g/mol. The number of hydrogen-bond acceptors (Lipinski definition) is 4. The normalized spacial score (nSPS) is 12.4. The fourth-order valence-electron chi connectivity index (χ4n) is 1.76. The maximum Gasteiger partial charge on any atom is 0.115 e. The summed E-state index contributed by atoms with van der Waals surface area (Å²) < 4.78 is 0. The molecule has 0 aliphatic heterocycles. The van der Waals surface area contributed by atoms with E-state index in [2.05, 4.69) is 26.3 Å². The number of rotatable bonds is 3. The zero-order chi connectivity index (χ0) is 11.4. The Kier molecular flexibility index (Phi) is 3.22. The van der Waals surface area contributed by atoms with Gasteiger partial charge in [0.05, 0.1) is 6.04 Å². The molecule has 4 heteroatoms. The summed E-state index contributed by atoms with van der Waals surface area (Å²) in [6, 6.07) is 4.10. The second-order valence-corrected chi connectivity index (χ2v) is 3.57. The minimum atomic E-state index is 0.0925. The number of nitrogens with one attached hydrogen (secondary N) is 1. The Bertz CT molecular complexity index is 456. The quantitative estimate of drug-likeness (QED) is 0.841. The van der Waals surface area contributed by atoms with Crippen LogP contribution in [0.25, 0.3) is 0 Å². The van der Waals surface area contributed by atoms with Gasteiger partial charge in [-0.2, -0.15) is 0 Å². The van der Waals surface area contributed by atoms with Crippen molar-refractivity contribution in [2.75, 3.05) is 7.05 Å². The van der Waals surface area contributed by atoms with E-state index in [1.165, 1.54) is 6.33 Å². The van der Waals surface area contributed by atoms with Crippen LogP contribution >= 0.6 is 0 Å². The Morgan fingerprint density at radius 3 is 2.62 bits per heavy atom. The van der Waals surface area contributed by atoms with Crippen LogP contribution in [0.2, 0.25) is 0 Å². The van der Waals surface area contributed by atoms with E-state index < -0.39 is 0 Å². The van der Waals surface area contributed by atoms with E-state index in [1.807, 2.05) is 32.4 Å². The molecule has 0 amide bonds. The number of pyridine rings is 1. The van der Waals surface area contributed by atoms with E-state index in [9.17, 15) is 0 Å². The Labute approximate surface area is 94.8 Å². The maximum atomic E-state index is 4.29. The predicted octanol–water partition coefficient (Wildman–Crippen LogP) is 1.49. The van der Waals surface area contributed by atoms with Crippen molar-refractivity contribution in [3.8, 4) is 0 Å². The minimum absolute atomic E-state index is 0.0925. The number of nitrogens with zero attached hydrogens (tertiary/aromatic N) is 3. The Morgan fingerprint density at radius 1 is 1.25 bits per heavy atom. The molecule has 4 nitrogen and oxygen atoms in total. The van der Waals surface area contributed by atoms with Gasteiger partial charge in [-0.3, -0.25) is 4.98 Å². The van der Waals surface area contributed by atoms with E-state index in [0.717, 1.165) is 16.8 Å².